The molecule has 9 nitrogen and oxygen atoms in total. The molecule has 31 heavy (non-hydrogen) atoms. The van der Waals surface area contributed by atoms with Crippen LogP contribution in [0.15, 0.2) is 30.5 Å². The Morgan fingerprint density at radius 3 is 2.32 bits per heavy atom. The molecule has 172 valence electrons. The number of benzene rings is 1. The van der Waals surface area contributed by atoms with E-state index in [4.69, 9.17) is 45.3 Å². The first kappa shape index (κ1) is 25.5. The average Bonchev–Trinajstić information content (AvgIpc) is 2.97. The van der Waals surface area contributed by atoms with Gasteiger partial charge in [-0.15, -0.1) is 0 Å². The number of urea groups is 1. The first-order valence-electron chi connectivity index (χ1n) is 8.96. The van der Waals surface area contributed by atoms with E-state index in [1.54, 1.807) is 45.0 Å². The summed E-state index contributed by atoms with van der Waals surface area (Å²) in [6.45, 7) is 4.06. The fourth-order valence-electron chi connectivity index (χ4n) is 2.67. The highest BCUT2D eigenvalue weighted by molar-refractivity contribution is 7.84. The van der Waals surface area contributed by atoms with E-state index in [2.05, 4.69) is 4.18 Å². The van der Waals surface area contributed by atoms with Crippen molar-refractivity contribution in [2.75, 3.05) is 13.2 Å². The number of amides is 2. The van der Waals surface area contributed by atoms with Crippen molar-refractivity contribution in [3.8, 4) is 0 Å². The lowest BCUT2D eigenvalue weighted by molar-refractivity contribution is 0.0544. The zero-order valence-corrected chi connectivity index (χ0v) is 20.1. The van der Waals surface area contributed by atoms with Crippen molar-refractivity contribution in [2.24, 2.45) is 5.73 Å². The zero-order valence-electron chi connectivity index (χ0n) is 17.0. The summed E-state index contributed by atoms with van der Waals surface area (Å²) in [5, 5.41) is 0.678. The van der Waals surface area contributed by atoms with Crippen LogP contribution in [0.3, 0.4) is 0 Å². The highest BCUT2D eigenvalue weighted by Gasteiger charge is 2.31. The van der Waals surface area contributed by atoms with Crippen molar-refractivity contribution in [1.29, 1.82) is 0 Å². The smallest absolute Gasteiger partial charge is 0.419 e. The Bertz CT molecular complexity index is 1070. The number of halogens is 3. The molecular formula is C18H22Cl3N3O6S. The van der Waals surface area contributed by atoms with E-state index >= 15 is 0 Å². The summed E-state index contributed by atoms with van der Waals surface area (Å²) in [6.07, 6.45) is 0.961. The molecule has 0 spiro atoms. The fourth-order valence-corrected chi connectivity index (χ4v) is 4.02. The molecule has 0 atom stereocenters. The lowest BCUT2D eigenvalue weighted by Gasteiger charge is -2.21. The van der Waals surface area contributed by atoms with Gasteiger partial charge in [-0.05, 0) is 38.8 Å². The maximum atomic E-state index is 12.6. The molecule has 0 aliphatic rings. The molecule has 2 amide bonds. The second kappa shape index (κ2) is 9.41. The Hall–Kier alpha value is -1.72. The van der Waals surface area contributed by atoms with E-state index in [1.807, 2.05) is 0 Å². The van der Waals surface area contributed by atoms with E-state index in [9.17, 15) is 18.0 Å². The molecule has 1 heterocycles. The topological polar surface area (TPSA) is 121 Å². The summed E-state index contributed by atoms with van der Waals surface area (Å²) >= 11 is 16.5. The molecule has 0 saturated heterocycles. The quantitative estimate of drug-likeness (QED) is 0.582. The maximum Gasteiger partial charge on any atom is 0.419 e. The molecule has 0 radical (unpaired) electrons. The van der Waals surface area contributed by atoms with Gasteiger partial charge in [-0.3, -0.25) is 4.57 Å². The summed E-state index contributed by atoms with van der Waals surface area (Å²) < 4.78 is 34.3. The van der Waals surface area contributed by atoms with Crippen LogP contribution in [0.2, 0.25) is 0 Å². The summed E-state index contributed by atoms with van der Waals surface area (Å²) in [7, 11) is -4.60. The van der Waals surface area contributed by atoms with Crippen LogP contribution >= 0.6 is 34.8 Å². The molecule has 2 rings (SSSR count). The van der Waals surface area contributed by atoms with Gasteiger partial charge in [0.05, 0.1) is 5.52 Å². The molecular weight excluding hydrogens is 493 g/mol. The number of hydrogen-bond donors (Lipinski definition) is 1. The van der Waals surface area contributed by atoms with Gasteiger partial charge in [0.15, 0.2) is 0 Å². The van der Waals surface area contributed by atoms with Gasteiger partial charge < -0.3 is 10.5 Å². The number of carbonyl (C=O) groups is 2. The SMILES string of the molecule is CC(C)(C)OC(=O)n1cc(CCN(C(N)=O)S(=O)(=O)OCC(Cl)(Cl)Cl)c2ccccc21. The van der Waals surface area contributed by atoms with Crippen molar-refractivity contribution < 1.29 is 26.9 Å². The van der Waals surface area contributed by atoms with Gasteiger partial charge >= 0.3 is 22.4 Å². The summed E-state index contributed by atoms with van der Waals surface area (Å²) in [5.41, 5.74) is 5.65. The third kappa shape index (κ3) is 7.15. The van der Waals surface area contributed by atoms with Crippen LogP contribution in [0.4, 0.5) is 9.59 Å². The van der Waals surface area contributed by atoms with Crippen molar-refractivity contribution in [3.63, 3.8) is 0 Å². The Morgan fingerprint density at radius 2 is 1.77 bits per heavy atom. The number of para-hydroxylation sites is 1. The number of nitrogens with two attached hydrogens (primary N) is 1. The van der Waals surface area contributed by atoms with Crippen molar-refractivity contribution >= 4 is 68.1 Å². The van der Waals surface area contributed by atoms with Gasteiger partial charge in [-0.25, -0.2) is 13.8 Å². The molecule has 0 unspecified atom stereocenters. The van der Waals surface area contributed by atoms with Crippen LogP contribution in [-0.2, 0) is 25.6 Å². The minimum Gasteiger partial charge on any atom is -0.443 e. The number of hydrogen-bond acceptors (Lipinski definition) is 6. The lowest BCUT2D eigenvalue weighted by atomic mass is 10.1. The zero-order chi connectivity index (χ0) is 23.6. The van der Waals surface area contributed by atoms with Crippen molar-refractivity contribution in [3.05, 3.63) is 36.0 Å². The molecule has 2 aromatic rings. The molecule has 0 aliphatic heterocycles. The van der Waals surface area contributed by atoms with Gasteiger partial charge in [0.25, 0.3) is 0 Å². The number of carbonyl (C=O) groups excluding carboxylic acids is 2. The number of aromatic nitrogens is 1. The van der Waals surface area contributed by atoms with Gasteiger partial charge in [0.2, 0.25) is 3.79 Å². The molecule has 1 aromatic heterocycles. The highest BCUT2D eigenvalue weighted by atomic mass is 35.6. The highest BCUT2D eigenvalue weighted by Crippen LogP contribution is 2.27. The number of fused-ring (bicyclic) bond motifs is 1. The lowest BCUT2D eigenvalue weighted by Crippen LogP contribution is -2.43. The van der Waals surface area contributed by atoms with Gasteiger partial charge in [0, 0.05) is 18.1 Å². The van der Waals surface area contributed by atoms with Gasteiger partial charge in [-0.2, -0.15) is 12.7 Å². The second-order valence-electron chi connectivity index (χ2n) is 7.52. The standard InChI is InChI=1S/C18H22Cl3N3O6S/c1-17(2,3)30-16(26)23-10-12(13-6-4-5-7-14(13)23)8-9-24(15(22)25)31(27,28)29-11-18(19,20)21/h4-7,10H,8-9,11H2,1-3H3,(H2,22,25). The fraction of sp³-hybridized carbons (Fsp3) is 0.444. The van der Waals surface area contributed by atoms with Crippen LogP contribution in [0.1, 0.15) is 26.3 Å². The second-order valence-corrected chi connectivity index (χ2v) is 11.6. The minimum atomic E-state index is -4.60. The maximum absolute atomic E-state index is 12.6. The Morgan fingerprint density at radius 1 is 1.16 bits per heavy atom. The van der Waals surface area contributed by atoms with Crippen LogP contribution < -0.4 is 5.73 Å². The number of alkyl halides is 3. The van der Waals surface area contributed by atoms with E-state index in [1.165, 1.54) is 10.8 Å². The Labute approximate surface area is 195 Å². The van der Waals surface area contributed by atoms with E-state index in [-0.39, 0.29) is 13.0 Å². The molecule has 0 fully saturated rings. The minimum absolute atomic E-state index is 0.0373. The molecule has 0 aliphatic carbocycles. The van der Waals surface area contributed by atoms with Crippen LogP contribution in [0, 0.1) is 0 Å². The van der Waals surface area contributed by atoms with E-state index < -0.39 is 38.4 Å². The number of ether oxygens (including phenoxy) is 1. The largest absolute Gasteiger partial charge is 0.443 e. The van der Waals surface area contributed by atoms with E-state index in [0.717, 1.165) is 0 Å². The number of nitrogens with zero attached hydrogens (tertiary/aromatic N) is 2. The predicted octanol–water partition coefficient (Wildman–Crippen LogP) is 3.98. The van der Waals surface area contributed by atoms with E-state index in [0.29, 0.717) is 20.8 Å². The van der Waals surface area contributed by atoms with Gasteiger partial charge in [0.1, 0.15) is 12.2 Å². The summed E-state index contributed by atoms with van der Waals surface area (Å²) in [4.78, 5) is 24.3. The van der Waals surface area contributed by atoms with Crippen LogP contribution in [0.25, 0.3) is 10.9 Å². The van der Waals surface area contributed by atoms with Gasteiger partial charge in [-0.1, -0.05) is 53.0 Å². The molecule has 0 bridgehead atoms. The Kier molecular flexibility index (Phi) is 7.76. The number of primary amides is 1. The normalized spacial score (nSPS) is 12.7. The third-order valence-electron chi connectivity index (χ3n) is 3.86. The average molecular weight is 515 g/mol. The molecule has 1 aromatic carbocycles. The predicted molar refractivity (Wildman–Crippen MR) is 119 cm³/mol. The summed E-state index contributed by atoms with van der Waals surface area (Å²) in [5.74, 6) is 0. The third-order valence-corrected chi connectivity index (χ3v) is 5.50. The van der Waals surface area contributed by atoms with Crippen LogP contribution in [-0.4, -0.2) is 52.0 Å². The summed E-state index contributed by atoms with van der Waals surface area (Å²) in [6, 6.07) is 5.72. The first-order valence-corrected chi connectivity index (χ1v) is 11.5. The van der Waals surface area contributed by atoms with Crippen LogP contribution in [0.5, 0.6) is 0 Å². The molecule has 2 N–H and O–H groups in total. The first-order chi connectivity index (χ1) is 14.1. The Balaban J connectivity index is 2.30. The molecule has 0 saturated carbocycles. The van der Waals surface area contributed by atoms with Crippen molar-refractivity contribution in [2.45, 2.75) is 36.6 Å². The van der Waals surface area contributed by atoms with Crippen molar-refractivity contribution in [1.82, 2.24) is 8.87 Å². The number of rotatable bonds is 6. The molecule has 13 heteroatoms. The monoisotopic (exact) mass is 513 g/mol.